The molecule has 0 bridgehead atoms. The Bertz CT molecular complexity index is 1470. The van der Waals surface area contributed by atoms with Gasteiger partial charge in [0.15, 0.2) is 6.10 Å². The van der Waals surface area contributed by atoms with Crippen molar-refractivity contribution in [2.75, 3.05) is 0 Å². The topological polar surface area (TPSA) is 142 Å². The summed E-state index contributed by atoms with van der Waals surface area (Å²) < 4.78 is 11.2. The van der Waals surface area contributed by atoms with E-state index in [4.69, 9.17) is 9.15 Å². The van der Waals surface area contributed by atoms with Crippen LogP contribution >= 0.6 is 0 Å². The molecule has 1 amide bonds. The largest absolute Gasteiger partial charge is 0.508 e. The summed E-state index contributed by atoms with van der Waals surface area (Å²) in [6.45, 7) is 5.06. The van der Waals surface area contributed by atoms with Gasteiger partial charge in [-0.25, -0.2) is 9.59 Å². The maximum Gasteiger partial charge on any atom is 0.336 e. The second-order valence-electron chi connectivity index (χ2n) is 8.29. The summed E-state index contributed by atoms with van der Waals surface area (Å²) in [6.07, 6.45) is 0.640. The van der Waals surface area contributed by atoms with Crippen molar-refractivity contribution in [2.24, 2.45) is 0 Å². The molecule has 4 rings (SSSR count). The van der Waals surface area contributed by atoms with E-state index in [2.05, 4.69) is 10.3 Å². The Kier molecular flexibility index (Phi) is 6.02. The third-order valence-corrected chi connectivity index (χ3v) is 5.61. The lowest BCUT2D eigenvalue weighted by atomic mass is 10.0. The fraction of sp³-hybridized carbons (Fsp3) is 0.240. The minimum absolute atomic E-state index is 0.00882. The van der Waals surface area contributed by atoms with Gasteiger partial charge in [0, 0.05) is 29.6 Å². The van der Waals surface area contributed by atoms with E-state index in [-0.39, 0.29) is 12.2 Å². The predicted octanol–water partition coefficient (Wildman–Crippen LogP) is 3.18. The molecule has 2 atom stereocenters. The number of phenolic OH excluding ortho intramolecular Hbond substituents is 1. The van der Waals surface area contributed by atoms with Crippen LogP contribution in [0.15, 0.2) is 51.8 Å². The number of rotatable bonds is 7. The van der Waals surface area contributed by atoms with E-state index in [1.165, 1.54) is 25.1 Å². The number of aliphatic carboxylic acids is 1. The third kappa shape index (κ3) is 4.59. The van der Waals surface area contributed by atoms with Gasteiger partial charge in [-0.1, -0.05) is 0 Å². The van der Waals surface area contributed by atoms with Crippen molar-refractivity contribution in [3.8, 4) is 11.5 Å². The number of carbonyl (C=O) groups is 2. The number of aromatic amines is 1. The van der Waals surface area contributed by atoms with E-state index in [0.717, 1.165) is 11.1 Å². The van der Waals surface area contributed by atoms with Crippen LogP contribution < -0.4 is 15.7 Å². The number of fused-ring (bicyclic) bond motifs is 2. The Balaban J connectivity index is 1.54. The first-order valence-electron chi connectivity index (χ1n) is 10.7. The molecule has 0 aliphatic carbocycles. The van der Waals surface area contributed by atoms with E-state index in [0.29, 0.717) is 33.2 Å². The fourth-order valence-electron chi connectivity index (χ4n) is 3.96. The molecule has 34 heavy (non-hydrogen) atoms. The average molecular weight is 464 g/mol. The monoisotopic (exact) mass is 464 g/mol. The van der Waals surface area contributed by atoms with Crippen molar-refractivity contribution < 1.29 is 29.0 Å². The first kappa shape index (κ1) is 22.9. The van der Waals surface area contributed by atoms with Crippen molar-refractivity contribution in [2.45, 2.75) is 39.3 Å². The summed E-state index contributed by atoms with van der Waals surface area (Å²) in [6, 6.07) is 8.32. The van der Waals surface area contributed by atoms with Gasteiger partial charge in [0.1, 0.15) is 23.1 Å². The van der Waals surface area contributed by atoms with Crippen LogP contribution in [-0.2, 0) is 16.0 Å². The number of benzene rings is 2. The molecule has 0 radical (unpaired) electrons. The summed E-state index contributed by atoms with van der Waals surface area (Å²) in [7, 11) is 0. The first-order chi connectivity index (χ1) is 16.1. The minimum atomic E-state index is -1.21. The second kappa shape index (κ2) is 8.93. The SMILES string of the molecule is Cc1cc(O[C@H](C)C(=O)N[C@@H](Cc2c[nH]c3ccc(O)cc23)C(=O)O)c2c(C)cc(=O)oc2c1. The van der Waals surface area contributed by atoms with E-state index >= 15 is 0 Å². The summed E-state index contributed by atoms with van der Waals surface area (Å²) in [5, 5.41) is 23.2. The van der Waals surface area contributed by atoms with Crippen LogP contribution in [0.5, 0.6) is 11.5 Å². The number of nitrogens with one attached hydrogen (secondary N) is 2. The van der Waals surface area contributed by atoms with Gasteiger partial charge in [-0.2, -0.15) is 0 Å². The lowest BCUT2D eigenvalue weighted by molar-refractivity contribution is -0.142. The van der Waals surface area contributed by atoms with Crippen molar-refractivity contribution in [3.63, 3.8) is 0 Å². The molecule has 0 saturated carbocycles. The average Bonchev–Trinajstić information content (AvgIpc) is 3.13. The molecule has 9 nitrogen and oxygen atoms in total. The molecule has 2 aromatic carbocycles. The van der Waals surface area contributed by atoms with Crippen LogP contribution in [-0.4, -0.2) is 39.2 Å². The molecule has 2 aromatic heterocycles. The predicted molar refractivity (Wildman–Crippen MR) is 125 cm³/mol. The molecule has 0 saturated heterocycles. The molecule has 4 N–H and O–H groups in total. The zero-order chi connectivity index (χ0) is 24.6. The van der Waals surface area contributed by atoms with Gasteiger partial charge in [0.2, 0.25) is 0 Å². The van der Waals surface area contributed by atoms with Gasteiger partial charge in [-0.3, -0.25) is 4.79 Å². The number of hydrogen-bond donors (Lipinski definition) is 4. The first-order valence-corrected chi connectivity index (χ1v) is 10.7. The molecule has 2 heterocycles. The molecular weight excluding hydrogens is 440 g/mol. The Morgan fingerprint density at radius 3 is 2.68 bits per heavy atom. The van der Waals surface area contributed by atoms with Crippen molar-refractivity contribution >= 4 is 33.7 Å². The van der Waals surface area contributed by atoms with Crippen LogP contribution in [0.4, 0.5) is 0 Å². The molecular formula is C25H24N2O7. The molecule has 0 aliphatic rings. The number of carboxylic acid groups (broad SMARTS) is 1. The molecule has 0 aliphatic heterocycles. The van der Waals surface area contributed by atoms with Crippen LogP contribution in [0.2, 0.25) is 0 Å². The van der Waals surface area contributed by atoms with Gasteiger partial charge in [0.05, 0.1) is 5.39 Å². The number of H-pyrrole nitrogens is 1. The number of phenols is 1. The van der Waals surface area contributed by atoms with E-state index in [9.17, 15) is 24.6 Å². The smallest absolute Gasteiger partial charge is 0.336 e. The Hall–Kier alpha value is -4.27. The summed E-state index contributed by atoms with van der Waals surface area (Å²) in [5.41, 5.74) is 2.66. The number of aromatic nitrogens is 1. The van der Waals surface area contributed by atoms with Crippen molar-refractivity contribution in [1.29, 1.82) is 0 Å². The zero-order valence-corrected chi connectivity index (χ0v) is 18.8. The summed E-state index contributed by atoms with van der Waals surface area (Å²) in [5.74, 6) is -1.39. The summed E-state index contributed by atoms with van der Waals surface area (Å²) >= 11 is 0. The maximum absolute atomic E-state index is 12.8. The molecule has 4 aromatic rings. The molecule has 9 heteroatoms. The van der Waals surface area contributed by atoms with Crippen LogP contribution in [0.3, 0.4) is 0 Å². The number of amides is 1. The second-order valence-corrected chi connectivity index (χ2v) is 8.29. The quantitative estimate of drug-likeness (QED) is 0.308. The van der Waals surface area contributed by atoms with E-state index in [1.807, 2.05) is 0 Å². The number of carbonyl (C=O) groups excluding carboxylic acids is 1. The van der Waals surface area contributed by atoms with E-state index in [1.54, 1.807) is 38.2 Å². The Morgan fingerprint density at radius 1 is 1.18 bits per heavy atom. The lowest BCUT2D eigenvalue weighted by Crippen LogP contribution is -2.47. The van der Waals surface area contributed by atoms with Gasteiger partial charge in [0.25, 0.3) is 5.91 Å². The normalized spacial score (nSPS) is 13.0. The Morgan fingerprint density at radius 2 is 1.94 bits per heavy atom. The lowest BCUT2D eigenvalue weighted by Gasteiger charge is -2.20. The van der Waals surface area contributed by atoms with Gasteiger partial charge >= 0.3 is 11.6 Å². The molecule has 176 valence electrons. The number of ether oxygens (including phenoxy) is 1. The zero-order valence-electron chi connectivity index (χ0n) is 18.8. The number of aromatic hydroxyl groups is 1. The molecule has 0 fully saturated rings. The molecule has 0 spiro atoms. The highest BCUT2D eigenvalue weighted by molar-refractivity contribution is 5.90. The van der Waals surface area contributed by atoms with Gasteiger partial charge in [-0.15, -0.1) is 0 Å². The highest BCUT2D eigenvalue weighted by Gasteiger charge is 2.26. The number of hydrogen-bond acceptors (Lipinski definition) is 6. The number of carboxylic acids is 1. The molecule has 0 unspecified atom stereocenters. The highest BCUT2D eigenvalue weighted by atomic mass is 16.5. The van der Waals surface area contributed by atoms with Crippen molar-refractivity contribution in [3.05, 3.63) is 69.7 Å². The van der Waals surface area contributed by atoms with Crippen LogP contribution in [0, 0.1) is 13.8 Å². The third-order valence-electron chi connectivity index (χ3n) is 5.61. The highest BCUT2D eigenvalue weighted by Crippen LogP contribution is 2.30. The van der Waals surface area contributed by atoms with Crippen LogP contribution in [0.25, 0.3) is 21.9 Å². The van der Waals surface area contributed by atoms with Gasteiger partial charge < -0.3 is 29.7 Å². The minimum Gasteiger partial charge on any atom is -0.508 e. The van der Waals surface area contributed by atoms with Crippen molar-refractivity contribution in [1.82, 2.24) is 10.3 Å². The maximum atomic E-state index is 12.8. The summed E-state index contributed by atoms with van der Waals surface area (Å²) in [4.78, 5) is 39.5. The van der Waals surface area contributed by atoms with Gasteiger partial charge in [-0.05, 0) is 67.8 Å². The number of aryl methyl sites for hydroxylation is 2. The fourth-order valence-corrected chi connectivity index (χ4v) is 3.96. The van der Waals surface area contributed by atoms with Crippen LogP contribution in [0.1, 0.15) is 23.6 Å². The standard InChI is InChI=1S/C25H24N2O7/c1-12-6-20(23-13(2)8-22(29)34-21(23)7-12)33-14(3)24(30)27-19(25(31)32)9-15-11-26-18-5-4-16(28)10-17(15)18/h4-8,10-11,14,19,26,28H,9H2,1-3H3,(H,27,30)(H,31,32)/t14-,19+/m1/s1. The Labute approximate surface area is 194 Å². The van der Waals surface area contributed by atoms with E-state index < -0.39 is 29.6 Å².